The highest BCUT2D eigenvalue weighted by Gasteiger charge is 2.46. The second-order valence-corrected chi connectivity index (χ2v) is 5.96. The quantitative estimate of drug-likeness (QED) is 0.794. The molecule has 1 rings (SSSR count). The maximum atomic E-state index is 12.3. The Morgan fingerprint density at radius 2 is 1.92 bits per heavy atom. The van der Waals surface area contributed by atoms with Gasteiger partial charge in [0.25, 0.3) is 0 Å². The number of alkyl halides is 3. The second-order valence-electron chi connectivity index (χ2n) is 5.55. The van der Waals surface area contributed by atoms with Crippen LogP contribution in [0.25, 0.3) is 0 Å². The van der Waals surface area contributed by atoms with Gasteiger partial charge in [0.15, 0.2) is 0 Å². The molecule has 1 N–H and O–H groups in total. The van der Waals surface area contributed by atoms with Crippen molar-refractivity contribution < 1.29 is 32.6 Å². The van der Waals surface area contributed by atoms with Gasteiger partial charge >= 0.3 is 18.2 Å². The van der Waals surface area contributed by atoms with Crippen LogP contribution in [-0.2, 0) is 9.59 Å². The Kier molecular flexibility index (Phi) is 5.97. The van der Waals surface area contributed by atoms with Gasteiger partial charge in [0, 0.05) is 5.69 Å². The zero-order chi connectivity index (χ0) is 19.6. The van der Waals surface area contributed by atoms with Gasteiger partial charge in [-0.05, 0) is 37.0 Å². The van der Waals surface area contributed by atoms with Crippen molar-refractivity contribution in [3.05, 3.63) is 23.2 Å². The fraction of sp³-hybridized carbons (Fsp3) is 0.375. The van der Waals surface area contributed by atoms with Crippen LogP contribution in [0.5, 0.6) is 5.75 Å². The number of carboxylic acid groups (broad SMARTS) is 1. The molecule has 0 bridgehead atoms. The zero-order valence-corrected chi connectivity index (χ0v) is 14.3. The highest BCUT2D eigenvalue weighted by molar-refractivity contribution is 6.32. The van der Waals surface area contributed by atoms with Crippen LogP contribution in [0.3, 0.4) is 0 Å². The Bertz CT molecular complexity index is 727. The predicted octanol–water partition coefficient (Wildman–Crippen LogP) is 3.70. The number of carboxylic acids is 1. The Balaban J connectivity index is 3.49. The third-order valence-corrected chi connectivity index (χ3v) is 4.04. The monoisotopic (exact) mass is 377 g/mol. The van der Waals surface area contributed by atoms with Crippen molar-refractivity contribution in [3.63, 3.8) is 0 Å². The standard InChI is InChI=1S/C16H15ClF3NO4/c1-5-13(22)21(15(4,9(2)3)14(23)24)10-6-7-12(11(17)8-10)25-16(18,19)20/h1,6-9H,2-4H3,(H,23,24). The van der Waals surface area contributed by atoms with Gasteiger partial charge in [-0.2, -0.15) is 0 Å². The van der Waals surface area contributed by atoms with Crippen LogP contribution in [0.2, 0.25) is 5.02 Å². The van der Waals surface area contributed by atoms with E-state index >= 15 is 0 Å². The summed E-state index contributed by atoms with van der Waals surface area (Å²) in [6, 6.07) is 2.94. The normalized spacial score (nSPS) is 13.7. The van der Waals surface area contributed by atoms with Crippen molar-refractivity contribution in [2.75, 3.05) is 4.90 Å². The summed E-state index contributed by atoms with van der Waals surface area (Å²) in [5.41, 5.74) is -1.82. The number of hydrogen-bond donors (Lipinski definition) is 1. The molecule has 25 heavy (non-hydrogen) atoms. The van der Waals surface area contributed by atoms with Crippen molar-refractivity contribution in [2.24, 2.45) is 5.92 Å². The molecule has 0 heterocycles. The first kappa shape index (κ1) is 20.6. The SMILES string of the molecule is C#CC(=O)N(c1ccc(OC(F)(F)F)c(Cl)c1)C(C)(C(=O)O)C(C)C. The predicted molar refractivity (Wildman–Crippen MR) is 85.3 cm³/mol. The molecule has 0 radical (unpaired) electrons. The summed E-state index contributed by atoms with van der Waals surface area (Å²) < 4.78 is 40.7. The lowest BCUT2D eigenvalue weighted by molar-refractivity contribution is -0.274. The molecule has 1 aromatic carbocycles. The van der Waals surface area contributed by atoms with Gasteiger partial charge in [0.1, 0.15) is 11.3 Å². The van der Waals surface area contributed by atoms with Gasteiger partial charge < -0.3 is 9.84 Å². The van der Waals surface area contributed by atoms with Crippen LogP contribution < -0.4 is 9.64 Å². The van der Waals surface area contributed by atoms with E-state index in [1.165, 1.54) is 6.92 Å². The molecule has 1 atom stereocenters. The smallest absolute Gasteiger partial charge is 0.479 e. The van der Waals surface area contributed by atoms with Crippen molar-refractivity contribution in [3.8, 4) is 18.1 Å². The lowest BCUT2D eigenvalue weighted by Crippen LogP contribution is -2.58. The number of carbonyl (C=O) groups excluding carboxylic acids is 1. The first-order valence-electron chi connectivity index (χ1n) is 6.94. The van der Waals surface area contributed by atoms with Crippen LogP contribution in [0, 0.1) is 18.3 Å². The Morgan fingerprint density at radius 3 is 2.28 bits per heavy atom. The minimum absolute atomic E-state index is 0.0684. The highest BCUT2D eigenvalue weighted by Crippen LogP contribution is 2.37. The largest absolute Gasteiger partial charge is 0.573 e. The van der Waals surface area contributed by atoms with Crippen LogP contribution in [0.1, 0.15) is 20.8 Å². The topological polar surface area (TPSA) is 66.8 Å². The maximum absolute atomic E-state index is 12.3. The maximum Gasteiger partial charge on any atom is 0.573 e. The Hall–Kier alpha value is -2.40. The summed E-state index contributed by atoms with van der Waals surface area (Å²) in [5, 5.41) is 9.13. The van der Waals surface area contributed by atoms with Crippen LogP contribution in [0.4, 0.5) is 18.9 Å². The minimum atomic E-state index is -4.95. The molecule has 0 spiro atoms. The van der Waals surface area contributed by atoms with Crippen LogP contribution in [-0.4, -0.2) is 28.9 Å². The lowest BCUT2D eigenvalue weighted by Gasteiger charge is -2.39. The third kappa shape index (κ3) is 4.37. The number of anilines is 1. The van der Waals surface area contributed by atoms with Gasteiger partial charge in [0.05, 0.1) is 5.02 Å². The molecule has 1 amide bonds. The first-order valence-corrected chi connectivity index (χ1v) is 7.31. The number of aliphatic carboxylic acids is 1. The van der Waals surface area contributed by atoms with Gasteiger partial charge in [0.2, 0.25) is 0 Å². The number of carbonyl (C=O) groups is 2. The van der Waals surface area contributed by atoms with E-state index in [0.29, 0.717) is 0 Å². The molecular weight excluding hydrogens is 363 g/mol. The average molecular weight is 378 g/mol. The number of halogens is 4. The van der Waals surface area contributed by atoms with Gasteiger partial charge in [-0.3, -0.25) is 9.69 Å². The molecule has 0 aliphatic heterocycles. The van der Waals surface area contributed by atoms with Gasteiger partial charge in [-0.15, -0.1) is 19.6 Å². The van der Waals surface area contributed by atoms with E-state index in [-0.39, 0.29) is 5.69 Å². The number of amides is 1. The lowest BCUT2D eigenvalue weighted by atomic mass is 9.85. The zero-order valence-electron chi connectivity index (χ0n) is 13.5. The van der Waals surface area contributed by atoms with E-state index in [4.69, 9.17) is 18.0 Å². The summed E-state index contributed by atoms with van der Waals surface area (Å²) in [5.74, 6) is -1.75. The molecule has 0 saturated carbocycles. The molecule has 0 aromatic heterocycles. The molecule has 0 aliphatic carbocycles. The fourth-order valence-corrected chi connectivity index (χ4v) is 2.31. The van der Waals surface area contributed by atoms with E-state index in [1.807, 2.05) is 5.92 Å². The molecule has 0 aliphatic rings. The van der Waals surface area contributed by atoms with Crippen molar-refractivity contribution in [1.29, 1.82) is 0 Å². The van der Waals surface area contributed by atoms with Crippen molar-refractivity contribution in [2.45, 2.75) is 32.7 Å². The molecule has 1 unspecified atom stereocenters. The van der Waals surface area contributed by atoms with E-state index in [0.717, 1.165) is 23.1 Å². The number of ether oxygens (including phenoxy) is 1. The number of nitrogens with zero attached hydrogens (tertiary/aromatic N) is 1. The average Bonchev–Trinajstić information content (AvgIpc) is 2.48. The number of terminal acetylenes is 1. The summed E-state index contributed by atoms with van der Waals surface area (Å²) in [6.45, 7) is 4.41. The first-order chi connectivity index (χ1) is 11.3. The molecule has 5 nitrogen and oxygen atoms in total. The second kappa shape index (κ2) is 7.23. The highest BCUT2D eigenvalue weighted by atomic mass is 35.5. The summed E-state index contributed by atoms with van der Waals surface area (Å²) >= 11 is 5.77. The van der Waals surface area contributed by atoms with E-state index < -0.39 is 40.5 Å². The van der Waals surface area contributed by atoms with Gasteiger partial charge in [-0.25, -0.2) is 4.79 Å². The fourth-order valence-electron chi connectivity index (χ4n) is 2.10. The van der Waals surface area contributed by atoms with Crippen molar-refractivity contribution in [1.82, 2.24) is 0 Å². The summed E-state index contributed by atoms with van der Waals surface area (Å²) in [4.78, 5) is 24.7. The molecule has 9 heteroatoms. The Morgan fingerprint density at radius 1 is 1.36 bits per heavy atom. The van der Waals surface area contributed by atoms with E-state index in [9.17, 15) is 27.9 Å². The Labute approximate surface area is 147 Å². The summed E-state index contributed by atoms with van der Waals surface area (Å²) in [7, 11) is 0. The molecule has 136 valence electrons. The number of hydrogen-bond acceptors (Lipinski definition) is 3. The number of rotatable bonds is 5. The molecule has 0 saturated heterocycles. The number of benzene rings is 1. The molecule has 1 aromatic rings. The van der Waals surface area contributed by atoms with E-state index in [2.05, 4.69) is 4.74 Å². The molecular formula is C16H15ClF3NO4. The summed E-state index contributed by atoms with van der Waals surface area (Å²) in [6.07, 6.45) is 0.166. The van der Waals surface area contributed by atoms with E-state index in [1.54, 1.807) is 13.8 Å². The van der Waals surface area contributed by atoms with Crippen molar-refractivity contribution >= 4 is 29.2 Å². The van der Waals surface area contributed by atoms with Crippen LogP contribution in [0.15, 0.2) is 18.2 Å². The minimum Gasteiger partial charge on any atom is -0.479 e. The third-order valence-electron chi connectivity index (χ3n) is 3.75. The van der Waals surface area contributed by atoms with Gasteiger partial charge in [-0.1, -0.05) is 25.4 Å². The van der Waals surface area contributed by atoms with Crippen LogP contribution >= 0.6 is 11.6 Å². The molecule has 0 fully saturated rings.